The average Bonchev–Trinajstić information content (AvgIpc) is 2.45. The number of nitrogens with two attached hydrogens (primary N) is 1. The summed E-state index contributed by atoms with van der Waals surface area (Å²) in [5.41, 5.74) is 7.61. The van der Waals surface area contributed by atoms with Crippen molar-refractivity contribution in [1.82, 2.24) is 4.90 Å². The Morgan fingerprint density at radius 1 is 1.25 bits per heavy atom. The van der Waals surface area contributed by atoms with Crippen LogP contribution in [0.4, 0.5) is 5.69 Å². The van der Waals surface area contributed by atoms with E-state index < -0.39 is 0 Å². The highest BCUT2D eigenvalue weighted by Gasteiger charge is 2.16. The molecule has 0 aromatic heterocycles. The first kappa shape index (κ1) is 11.0. The SMILES string of the molecule is Nc1cccc(CN2CCCCCC2=O)c1. The van der Waals surface area contributed by atoms with Crippen molar-refractivity contribution in [3.05, 3.63) is 29.8 Å². The summed E-state index contributed by atoms with van der Waals surface area (Å²) < 4.78 is 0. The van der Waals surface area contributed by atoms with E-state index in [1.807, 2.05) is 29.2 Å². The molecule has 16 heavy (non-hydrogen) atoms. The van der Waals surface area contributed by atoms with Crippen LogP contribution in [0.25, 0.3) is 0 Å². The van der Waals surface area contributed by atoms with Crippen LogP contribution in [0.2, 0.25) is 0 Å². The molecule has 0 spiro atoms. The highest BCUT2D eigenvalue weighted by molar-refractivity contribution is 5.76. The zero-order valence-electron chi connectivity index (χ0n) is 9.48. The van der Waals surface area contributed by atoms with E-state index in [0.717, 1.165) is 30.6 Å². The van der Waals surface area contributed by atoms with Gasteiger partial charge in [-0.3, -0.25) is 4.79 Å². The van der Waals surface area contributed by atoms with Crippen molar-refractivity contribution in [3.63, 3.8) is 0 Å². The number of anilines is 1. The van der Waals surface area contributed by atoms with E-state index in [2.05, 4.69) is 0 Å². The summed E-state index contributed by atoms with van der Waals surface area (Å²) in [5.74, 6) is 0.278. The van der Waals surface area contributed by atoms with Crippen LogP contribution >= 0.6 is 0 Å². The van der Waals surface area contributed by atoms with E-state index in [9.17, 15) is 4.79 Å². The Morgan fingerprint density at radius 3 is 2.94 bits per heavy atom. The molecule has 1 aliphatic heterocycles. The largest absolute Gasteiger partial charge is 0.399 e. The Balaban J connectivity index is 2.05. The Hall–Kier alpha value is -1.51. The number of benzene rings is 1. The molecule has 86 valence electrons. The number of likely N-dealkylation sites (tertiary alicyclic amines) is 1. The topological polar surface area (TPSA) is 46.3 Å². The lowest BCUT2D eigenvalue weighted by Gasteiger charge is -2.20. The Labute approximate surface area is 96.2 Å². The molecule has 0 bridgehead atoms. The maximum absolute atomic E-state index is 11.8. The molecule has 1 amide bonds. The summed E-state index contributed by atoms with van der Waals surface area (Å²) >= 11 is 0. The number of carbonyl (C=O) groups excluding carboxylic acids is 1. The van der Waals surface area contributed by atoms with Gasteiger partial charge < -0.3 is 10.6 Å². The van der Waals surface area contributed by atoms with Crippen LogP contribution in [0.1, 0.15) is 31.2 Å². The van der Waals surface area contributed by atoms with Crippen LogP contribution in [0.15, 0.2) is 24.3 Å². The Morgan fingerprint density at radius 2 is 2.12 bits per heavy atom. The minimum Gasteiger partial charge on any atom is -0.399 e. The summed E-state index contributed by atoms with van der Waals surface area (Å²) in [6, 6.07) is 7.77. The number of hydrogen-bond acceptors (Lipinski definition) is 2. The number of nitrogens with zero attached hydrogens (tertiary/aromatic N) is 1. The molecular weight excluding hydrogens is 200 g/mol. The first-order chi connectivity index (χ1) is 7.75. The van der Waals surface area contributed by atoms with Crippen LogP contribution in [-0.4, -0.2) is 17.4 Å². The fraction of sp³-hybridized carbons (Fsp3) is 0.462. The molecule has 1 aromatic carbocycles. The average molecular weight is 218 g/mol. The number of amides is 1. The smallest absolute Gasteiger partial charge is 0.222 e. The van der Waals surface area contributed by atoms with Gasteiger partial charge in [-0.25, -0.2) is 0 Å². The van der Waals surface area contributed by atoms with Gasteiger partial charge in [0.2, 0.25) is 5.91 Å². The second-order valence-corrected chi connectivity index (χ2v) is 4.37. The van der Waals surface area contributed by atoms with Gasteiger partial charge in [0.25, 0.3) is 0 Å². The molecule has 0 radical (unpaired) electrons. The Bertz CT molecular complexity index is 376. The van der Waals surface area contributed by atoms with Crippen molar-refractivity contribution in [1.29, 1.82) is 0 Å². The monoisotopic (exact) mass is 218 g/mol. The molecule has 1 aliphatic rings. The second-order valence-electron chi connectivity index (χ2n) is 4.37. The van der Waals surface area contributed by atoms with Crippen LogP contribution in [-0.2, 0) is 11.3 Å². The zero-order chi connectivity index (χ0) is 11.4. The van der Waals surface area contributed by atoms with Crippen LogP contribution in [0, 0.1) is 0 Å². The quantitative estimate of drug-likeness (QED) is 0.773. The molecule has 0 saturated carbocycles. The molecule has 2 N–H and O–H groups in total. The molecule has 3 nitrogen and oxygen atoms in total. The summed E-state index contributed by atoms with van der Waals surface area (Å²) in [7, 11) is 0. The third-order valence-electron chi connectivity index (χ3n) is 3.00. The maximum atomic E-state index is 11.8. The zero-order valence-corrected chi connectivity index (χ0v) is 9.48. The molecule has 0 atom stereocenters. The lowest BCUT2D eigenvalue weighted by molar-refractivity contribution is -0.131. The van der Waals surface area contributed by atoms with Crippen molar-refractivity contribution in [2.45, 2.75) is 32.2 Å². The molecular formula is C13H18N2O. The van der Waals surface area contributed by atoms with E-state index in [4.69, 9.17) is 5.73 Å². The number of carbonyl (C=O) groups is 1. The summed E-state index contributed by atoms with van der Waals surface area (Å²) in [6.07, 6.45) is 4.02. The third kappa shape index (κ3) is 2.75. The van der Waals surface area contributed by atoms with Crippen molar-refractivity contribution in [2.24, 2.45) is 0 Å². The van der Waals surface area contributed by atoms with E-state index in [1.54, 1.807) is 0 Å². The van der Waals surface area contributed by atoms with Gasteiger partial charge >= 0.3 is 0 Å². The van der Waals surface area contributed by atoms with Gasteiger partial charge in [-0.05, 0) is 30.5 Å². The van der Waals surface area contributed by atoms with E-state index in [0.29, 0.717) is 13.0 Å². The molecule has 0 aliphatic carbocycles. The van der Waals surface area contributed by atoms with Gasteiger partial charge in [0.05, 0.1) is 0 Å². The molecule has 2 rings (SSSR count). The minimum atomic E-state index is 0.278. The van der Waals surface area contributed by atoms with Gasteiger partial charge in [0, 0.05) is 25.2 Å². The van der Waals surface area contributed by atoms with Gasteiger partial charge in [-0.2, -0.15) is 0 Å². The predicted molar refractivity (Wildman–Crippen MR) is 64.7 cm³/mol. The predicted octanol–water partition coefficient (Wildman–Crippen LogP) is 2.17. The number of rotatable bonds is 2. The van der Waals surface area contributed by atoms with Gasteiger partial charge in [-0.15, -0.1) is 0 Å². The highest BCUT2D eigenvalue weighted by atomic mass is 16.2. The number of hydrogen-bond donors (Lipinski definition) is 1. The standard InChI is InChI=1S/C13H18N2O/c14-12-6-4-5-11(9-12)10-15-8-3-1-2-7-13(15)16/h4-6,9H,1-3,7-8,10,14H2. The minimum absolute atomic E-state index is 0.278. The number of nitrogen functional groups attached to an aromatic ring is 1. The van der Waals surface area contributed by atoms with Crippen LogP contribution < -0.4 is 5.73 Å². The Kier molecular flexibility index (Phi) is 3.44. The third-order valence-corrected chi connectivity index (χ3v) is 3.00. The molecule has 3 heteroatoms. The van der Waals surface area contributed by atoms with Crippen molar-refractivity contribution in [2.75, 3.05) is 12.3 Å². The second kappa shape index (κ2) is 5.01. The highest BCUT2D eigenvalue weighted by Crippen LogP contribution is 2.15. The molecule has 1 heterocycles. The lowest BCUT2D eigenvalue weighted by atomic mass is 10.2. The van der Waals surface area contributed by atoms with Crippen LogP contribution in [0.5, 0.6) is 0 Å². The van der Waals surface area contributed by atoms with E-state index >= 15 is 0 Å². The first-order valence-corrected chi connectivity index (χ1v) is 5.88. The van der Waals surface area contributed by atoms with Gasteiger partial charge in [-0.1, -0.05) is 18.6 Å². The van der Waals surface area contributed by atoms with E-state index in [-0.39, 0.29) is 5.91 Å². The molecule has 1 aromatic rings. The van der Waals surface area contributed by atoms with E-state index in [1.165, 1.54) is 6.42 Å². The maximum Gasteiger partial charge on any atom is 0.222 e. The molecule has 0 unspecified atom stereocenters. The van der Waals surface area contributed by atoms with Crippen LogP contribution in [0.3, 0.4) is 0 Å². The summed E-state index contributed by atoms with van der Waals surface area (Å²) in [6.45, 7) is 1.58. The molecule has 1 fully saturated rings. The summed E-state index contributed by atoms with van der Waals surface area (Å²) in [4.78, 5) is 13.7. The summed E-state index contributed by atoms with van der Waals surface area (Å²) in [5, 5.41) is 0. The fourth-order valence-electron chi connectivity index (χ4n) is 2.12. The van der Waals surface area contributed by atoms with Crippen molar-refractivity contribution in [3.8, 4) is 0 Å². The van der Waals surface area contributed by atoms with Gasteiger partial charge in [0.15, 0.2) is 0 Å². The normalized spacial score (nSPS) is 17.2. The molecule has 1 saturated heterocycles. The van der Waals surface area contributed by atoms with Crippen molar-refractivity contribution >= 4 is 11.6 Å². The lowest BCUT2D eigenvalue weighted by Crippen LogP contribution is -2.29. The fourth-order valence-corrected chi connectivity index (χ4v) is 2.12. The first-order valence-electron chi connectivity index (χ1n) is 5.88. The van der Waals surface area contributed by atoms with Gasteiger partial charge in [0.1, 0.15) is 0 Å². The van der Waals surface area contributed by atoms with Crippen molar-refractivity contribution < 1.29 is 4.79 Å².